The third kappa shape index (κ3) is 2.33. The first-order valence-corrected chi connectivity index (χ1v) is 6.00. The summed E-state index contributed by atoms with van der Waals surface area (Å²) in [6.07, 6.45) is 1.67. The van der Waals surface area contributed by atoms with Crippen molar-refractivity contribution in [3.63, 3.8) is 0 Å². The van der Waals surface area contributed by atoms with Crippen molar-refractivity contribution in [1.82, 2.24) is 14.8 Å². The predicted octanol–water partition coefficient (Wildman–Crippen LogP) is 2.95. The van der Waals surface area contributed by atoms with Crippen LogP contribution in [0.4, 0.5) is 0 Å². The number of aromatic nitrogens is 3. The number of phenolic OH excluding ortho intramolecular Hbond substituents is 1. The van der Waals surface area contributed by atoms with E-state index in [1.165, 1.54) is 5.56 Å². The van der Waals surface area contributed by atoms with Gasteiger partial charge in [0.15, 0.2) is 5.82 Å². The average Bonchev–Trinajstić information content (AvgIpc) is 2.90. The van der Waals surface area contributed by atoms with E-state index in [0.717, 1.165) is 11.3 Å². The molecular formula is C15H13N3O. The number of hydrogen-bond donors (Lipinski definition) is 1. The maximum atomic E-state index is 9.27. The molecule has 4 nitrogen and oxygen atoms in total. The summed E-state index contributed by atoms with van der Waals surface area (Å²) in [6.45, 7) is 2.05. The van der Waals surface area contributed by atoms with Gasteiger partial charge in [0.1, 0.15) is 12.1 Å². The molecule has 19 heavy (non-hydrogen) atoms. The van der Waals surface area contributed by atoms with Crippen molar-refractivity contribution in [2.45, 2.75) is 6.92 Å². The molecule has 0 aliphatic rings. The van der Waals surface area contributed by atoms with Gasteiger partial charge in [-0.3, -0.25) is 0 Å². The highest BCUT2D eigenvalue weighted by Crippen LogP contribution is 2.17. The van der Waals surface area contributed by atoms with E-state index in [1.54, 1.807) is 35.3 Å². The highest BCUT2D eigenvalue weighted by atomic mass is 16.3. The molecule has 0 amide bonds. The first-order chi connectivity index (χ1) is 9.22. The van der Waals surface area contributed by atoms with Crippen molar-refractivity contribution in [1.29, 1.82) is 0 Å². The topological polar surface area (TPSA) is 50.9 Å². The molecule has 0 fully saturated rings. The minimum Gasteiger partial charge on any atom is -0.508 e. The molecule has 1 aromatic heterocycles. The number of benzene rings is 2. The van der Waals surface area contributed by atoms with Gasteiger partial charge in [0.2, 0.25) is 0 Å². The summed E-state index contributed by atoms with van der Waals surface area (Å²) < 4.78 is 1.69. The van der Waals surface area contributed by atoms with E-state index in [0.29, 0.717) is 5.82 Å². The van der Waals surface area contributed by atoms with Gasteiger partial charge in [0.05, 0.1) is 5.69 Å². The maximum absolute atomic E-state index is 9.27. The summed E-state index contributed by atoms with van der Waals surface area (Å²) in [5.41, 5.74) is 3.06. The standard InChI is InChI=1S/C15H13N3O/c1-11-2-4-12(5-3-11)15-16-10-18(17-15)13-6-8-14(19)9-7-13/h2-10,19H,1H3. The highest BCUT2D eigenvalue weighted by molar-refractivity contribution is 5.55. The number of nitrogens with zero attached hydrogens (tertiary/aromatic N) is 3. The van der Waals surface area contributed by atoms with Crippen LogP contribution in [0.5, 0.6) is 5.75 Å². The van der Waals surface area contributed by atoms with Gasteiger partial charge in [-0.15, -0.1) is 5.10 Å². The third-order valence-corrected chi connectivity index (χ3v) is 2.92. The zero-order chi connectivity index (χ0) is 13.2. The van der Waals surface area contributed by atoms with Gasteiger partial charge in [-0.05, 0) is 31.2 Å². The van der Waals surface area contributed by atoms with E-state index in [-0.39, 0.29) is 5.75 Å². The number of phenols is 1. The molecule has 0 radical (unpaired) electrons. The quantitative estimate of drug-likeness (QED) is 0.761. The van der Waals surface area contributed by atoms with Crippen LogP contribution in [0.25, 0.3) is 17.1 Å². The van der Waals surface area contributed by atoms with Crippen molar-refractivity contribution in [2.75, 3.05) is 0 Å². The van der Waals surface area contributed by atoms with Crippen LogP contribution in [0.1, 0.15) is 5.56 Å². The molecule has 0 aliphatic carbocycles. The lowest BCUT2D eigenvalue weighted by molar-refractivity contribution is 0.475. The Morgan fingerprint density at radius 2 is 1.63 bits per heavy atom. The molecule has 94 valence electrons. The molecule has 0 aliphatic heterocycles. The van der Waals surface area contributed by atoms with Gasteiger partial charge in [0.25, 0.3) is 0 Å². The second-order valence-corrected chi connectivity index (χ2v) is 4.40. The Morgan fingerprint density at radius 1 is 0.947 bits per heavy atom. The van der Waals surface area contributed by atoms with Crippen LogP contribution in [-0.2, 0) is 0 Å². The van der Waals surface area contributed by atoms with E-state index in [9.17, 15) is 5.11 Å². The van der Waals surface area contributed by atoms with E-state index in [4.69, 9.17) is 0 Å². The van der Waals surface area contributed by atoms with Crippen molar-refractivity contribution in [3.05, 3.63) is 60.4 Å². The second kappa shape index (κ2) is 4.57. The SMILES string of the molecule is Cc1ccc(-c2ncn(-c3ccc(O)cc3)n2)cc1. The lowest BCUT2D eigenvalue weighted by Crippen LogP contribution is -1.94. The molecule has 0 unspecified atom stereocenters. The van der Waals surface area contributed by atoms with Crippen molar-refractivity contribution in [2.24, 2.45) is 0 Å². The van der Waals surface area contributed by atoms with Crippen LogP contribution in [0, 0.1) is 6.92 Å². The monoisotopic (exact) mass is 251 g/mol. The smallest absolute Gasteiger partial charge is 0.181 e. The molecule has 2 aromatic carbocycles. The fourth-order valence-electron chi connectivity index (χ4n) is 1.83. The highest BCUT2D eigenvalue weighted by Gasteiger charge is 2.05. The van der Waals surface area contributed by atoms with Crippen LogP contribution in [0.3, 0.4) is 0 Å². The number of aryl methyl sites for hydroxylation is 1. The van der Waals surface area contributed by atoms with Gasteiger partial charge in [0, 0.05) is 5.56 Å². The van der Waals surface area contributed by atoms with Crippen molar-refractivity contribution in [3.8, 4) is 22.8 Å². The maximum Gasteiger partial charge on any atom is 0.181 e. The normalized spacial score (nSPS) is 10.6. The molecule has 0 spiro atoms. The summed E-state index contributed by atoms with van der Waals surface area (Å²) in [4.78, 5) is 4.30. The Bertz CT molecular complexity index is 624. The van der Waals surface area contributed by atoms with Crippen LogP contribution < -0.4 is 0 Å². The van der Waals surface area contributed by atoms with Crippen LogP contribution in [-0.4, -0.2) is 19.9 Å². The van der Waals surface area contributed by atoms with Crippen molar-refractivity contribution >= 4 is 0 Å². The lowest BCUT2D eigenvalue weighted by atomic mass is 10.1. The first-order valence-electron chi connectivity index (χ1n) is 6.00. The summed E-state index contributed by atoms with van der Waals surface area (Å²) in [6, 6.07) is 14.9. The number of rotatable bonds is 2. The molecule has 4 heteroatoms. The third-order valence-electron chi connectivity index (χ3n) is 2.92. The predicted molar refractivity (Wildman–Crippen MR) is 73.2 cm³/mol. The molecule has 0 saturated carbocycles. The Labute approximate surface area is 111 Å². The van der Waals surface area contributed by atoms with Gasteiger partial charge in [-0.25, -0.2) is 9.67 Å². The van der Waals surface area contributed by atoms with Gasteiger partial charge in [-0.1, -0.05) is 29.8 Å². The summed E-state index contributed by atoms with van der Waals surface area (Å²) in [5, 5.41) is 13.7. The van der Waals surface area contributed by atoms with Gasteiger partial charge in [-0.2, -0.15) is 0 Å². The fraction of sp³-hybridized carbons (Fsp3) is 0.0667. The molecule has 3 aromatic rings. The fourth-order valence-corrected chi connectivity index (χ4v) is 1.83. The number of hydrogen-bond acceptors (Lipinski definition) is 3. The summed E-state index contributed by atoms with van der Waals surface area (Å²) in [7, 11) is 0. The lowest BCUT2D eigenvalue weighted by Gasteiger charge is -2.00. The molecule has 1 heterocycles. The molecule has 0 saturated heterocycles. The van der Waals surface area contributed by atoms with Gasteiger partial charge < -0.3 is 5.11 Å². The Morgan fingerprint density at radius 3 is 2.32 bits per heavy atom. The van der Waals surface area contributed by atoms with E-state index >= 15 is 0 Å². The van der Waals surface area contributed by atoms with Crippen molar-refractivity contribution < 1.29 is 5.11 Å². The summed E-state index contributed by atoms with van der Waals surface area (Å²) in [5.74, 6) is 0.927. The van der Waals surface area contributed by atoms with Crippen LogP contribution in [0.2, 0.25) is 0 Å². The Kier molecular flexibility index (Phi) is 2.76. The second-order valence-electron chi connectivity index (χ2n) is 4.40. The molecule has 1 N–H and O–H groups in total. The van der Waals surface area contributed by atoms with E-state index in [1.807, 2.05) is 31.2 Å². The van der Waals surface area contributed by atoms with Crippen LogP contribution in [0.15, 0.2) is 54.9 Å². The van der Waals surface area contributed by atoms with E-state index < -0.39 is 0 Å². The first kappa shape index (κ1) is 11.5. The Balaban J connectivity index is 1.95. The average molecular weight is 251 g/mol. The van der Waals surface area contributed by atoms with E-state index in [2.05, 4.69) is 10.1 Å². The molecule has 0 atom stereocenters. The van der Waals surface area contributed by atoms with Gasteiger partial charge >= 0.3 is 0 Å². The zero-order valence-corrected chi connectivity index (χ0v) is 10.5. The molecular weight excluding hydrogens is 238 g/mol. The Hall–Kier alpha value is -2.62. The largest absolute Gasteiger partial charge is 0.508 e. The summed E-state index contributed by atoms with van der Waals surface area (Å²) >= 11 is 0. The zero-order valence-electron chi connectivity index (χ0n) is 10.5. The van der Waals surface area contributed by atoms with Crippen LogP contribution >= 0.6 is 0 Å². The molecule has 3 rings (SSSR count). The minimum atomic E-state index is 0.239. The minimum absolute atomic E-state index is 0.239. The number of aromatic hydroxyl groups is 1. The molecule has 0 bridgehead atoms.